The monoisotopic (exact) mass is 374 g/mol. The number of amides is 2. The summed E-state index contributed by atoms with van der Waals surface area (Å²) < 4.78 is 37.7. The van der Waals surface area contributed by atoms with Crippen molar-refractivity contribution in [2.75, 3.05) is 11.9 Å². The summed E-state index contributed by atoms with van der Waals surface area (Å²) in [4.78, 5) is 34.2. The molecule has 0 atom stereocenters. The van der Waals surface area contributed by atoms with Gasteiger partial charge >= 0.3 is 18.1 Å². The third-order valence-electron chi connectivity index (χ3n) is 3.54. The van der Waals surface area contributed by atoms with Crippen molar-refractivity contribution in [2.45, 2.75) is 45.3 Å². The number of aliphatic carboxylic acids is 1. The van der Waals surface area contributed by atoms with Crippen LogP contribution in [0.25, 0.3) is 0 Å². The maximum Gasteiger partial charge on any atom is 0.471 e. The molecule has 0 aliphatic rings. The van der Waals surface area contributed by atoms with Gasteiger partial charge in [-0.15, -0.1) is 0 Å². The van der Waals surface area contributed by atoms with E-state index < -0.39 is 18.1 Å². The molecule has 0 saturated carbocycles. The number of alkyl halides is 3. The number of benzene rings is 1. The molecule has 0 spiro atoms. The normalized spacial score (nSPS) is 11.1. The van der Waals surface area contributed by atoms with Gasteiger partial charge in [0, 0.05) is 31.6 Å². The molecule has 0 radical (unpaired) electrons. The highest BCUT2D eigenvalue weighted by Crippen LogP contribution is 2.21. The molecule has 0 bridgehead atoms. The van der Waals surface area contributed by atoms with Crippen molar-refractivity contribution in [1.82, 2.24) is 4.90 Å². The fourth-order valence-electron chi connectivity index (χ4n) is 2.26. The highest BCUT2D eigenvalue weighted by molar-refractivity contribution is 5.90. The van der Waals surface area contributed by atoms with E-state index in [1.165, 1.54) is 13.0 Å². The SMILES string of the molecule is CCN(Cc1cccc(NC(=O)CCCCC(=O)O)c1)C(=O)C(F)(F)F. The molecule has 0 aromatic heterocycles. The lowest BCUT2D eigenvalue weighted by Crippen LogP contribution is -2.40. The smallest absolute Gasteiger partial charge is 0.471 e. The quantitative estimate of drug-likeness (QED) is 0.650. The summed E-state index contributed by atoms with van der Waals surface area (Å²) in [5, 5.41) is 11.1. The van der Waals surface area contributed by atoms with Gasteiger partial charge in [0.15, 0.2) is 0 Å². The van der Waals surface area contributed by atoms with Gasteiger partial charge in [0.2, 0.25) is 5.91 Å². The number of hydrogen-bond donors (Lipinski definition) is 2. The molecule has 0 saturated heterocycles. The molecular formula is C17H21F3N2O4. The van der Waals surface area contributed by atoms with Gasteiger partial charge < -0.3 is 15.3 Å². The predicted molar refractivity (Wildman–Crippen MR) is 88.3 cm³/mol. The molecule has 0 unspecified atom stereocenters. The van der Waals surface area contributed by atoms with Gasteiger partial charge in [-0.2, -0.15) is 13.2 Å². The summed E-state index contributed by atoms with van der Waals surface area (Å²) in [6.07, 6.45) is -4.00. The molecule has 2 N–H and O–H groups in total. The van der Waals surface area contributed by atoms with Crippen molar-refractivity contribution < 1.29 is 32.7 Å². The zero-order chi connectivity index (χ0) is 19.7. The largest absolute Gasteiger partial charge is 0.481 e. The van der Waals surface area contributed by atoms with Crippen LogP contribution in [0, 0.1) is 0 Å². The minimum atomic E-state index is -4.93. The maximum absolute atomic E-state index is 12.6. The Kier molecular flexibility index (Phi) is 8.08. The van der Waals surface area contributed by atoms with Crippen molar-refractivity contribution >= 4 is 23.5 Å². The van der Waals surface area contributed by atoms with Crippen LogP contribution in [0.3, 0.4) is 0 Å². The van der Waals surface area contributed by atoms with E-state index in [0.29, 0.717) is 29.0 Å². The molecule has 1 rings (SSSR count). The van der Waals surface area contributed by atoms with Gasteiger partial charge in [0.05, 0.1) is 0 Å². The Morgan fingerprint density at radius 2 is 1.81 bits per heavy atom. The van der Waals surface area contributed by atoms with Gasteiger partial charge in [-0.1, -0.05) is 12.1 Å². The number of hydrogen-bond acceptors (Lipinski definition) is 3. The van der Waals surface area contributed by atoms with Crippen LogP contribution in [-0.2, 0) is 20.9 Å². The zero-order valence-corrected chi connectivity index (χ0v) is 14.3. The molecule has 0 aliphatic carbocycles. The average Bonchev–Trinajstić information content (AvgIpc) is 2.55. The second-order valence-electron chi connectivity index (χ2n) is 5.67. The molecule has 1 aromatic rings. The number of carboxylic acid groups (broad SMARTS) is 1. The van der Waals surface area contributed by atoms with E-state index >= 15 is 0 Å². The number of anilines is 1. The van der Waals surface area contributed by atoms with Gasteiger partial charge in [0.1, 0.15) is 0 Å². The first-order chi connectivity index (χ1) is 12.1. The number of nitrogens with zero attached hydrogens (tertiary/aromatic N) is 1. The highest BCUT2D eigenvalue weighted by atomic mass is 19.4. The first-order valence-electron chi connectivity index (χ1n) is 8.10. The first-order valence-corrected chi connectivity index (χ1v) is 8.10. The Balaban J connectivity index is 2.63. The number of nitrogens with one attached hydrogen (secondary N) is 1. The third kappa shape index (κ3) is 7.54. The highest BCUT2D eigenvalue weighted by Gasteiger charge is 2.41. The van der Waals surface area contributed by atoms with Crippen LogP contribution in [0.15, 0.2) is 24.3 Å². The van der Waals surface area contributed by atoms with Crippen LogP contribution in [0.5, 0.6) is 0 Å². The number of carbonyl (C=O) groups is 3. The van der Waals surface area contributed by atoms with Crippen molar-refractivity contribution in [2.24, 2.45) is 0 Å². The Hall–Kier alpha value is -2.58. The second-order valence-corrected chi connectivity index (χ2v) is 5.67. The zero-order valence-electron chi connectivity index (χ0n) is 14.3. The molecule has 1 aromatic carbocycles. The van der Waals surface area contributed by atoms with E-state index in [0.717, 1.165) is 0 Å². The molecule has 0 fully saturated rings. The van der Waals surface area contributed by atoms with E-state index in [1.54, 1.807) is 18.2 Å². The van der Waals surface area contributed by atoms with Crippen molar-refractivity contribution in [3.05, 3.63) is 29.8 Å². The van der Waals surface area contributed by atoms with Crippen LogP contribution in [-0.4, -0.2) is 40.5 Å². The molecule has 0 heterocycles. The first kappa shape index (κ1) is 21.5. The lowest BCUT2D eigenvalue weighted by atomic mass is 10.1. The number of carbonyl (C=O) groups excluding carboxylic acids is 2. The van der Waals surface area contributed by atoms with Crippen molar-refractivity contribution in [3.8, 4) is 0 Å². The second kappa shape index (κ2) is 9.79. The average molecular weight is 374 g/mol. The fraction of sp³-hybridized carbons (Fsp3) is 0.471. The van der Waals surface area contributed by atoms with Gasteiger partial charge in [-0.25, -0.2) is 0 Å². The summed E-state index contributed by atoms with van der Waals surface area (Å²) in [5.74, 6) is -3.15. The minimum absolute atomic E-state index is 0.0111. The van der Waals surface area contributed by atoms with E-state index in [4.69, 9.17) is 5.11 Å². The molecule has 26 heavy (non-hydrogen) atoms. The fourth-order valence-corrected chi connectivity index (χ4v) is 2.26. The maximum atomic E-state index is 12.6. The van der Waals surface area contributed by atoms with Crippen LogP contribution in [0.4, 0.5) is 18.9 Å². The van der Waals surface area contributed by atoms with Crippen LogP contribution in [0.1, 0.15) is 38.2 Å². The molecule has 9 heteroatoms. The lowest BCUT2D eigenvalue weighted by molar-refractivity contribution is -0.185. The number of unbranched alkanes of at least 4 members (excludes halogenated alkanes) is 1. The topological polar surface area (TPSA) is 86.7 Å². The van der Waals surface area contributed by atoms with E-state index in [1.807, 2.05) is 0 Å². The summed E-state index contributed by atoms with van der Waals surface area (Å²) in [7, 11) is 0. The van der Waals surface area contributed by atoms with Gasteiger partial charge in [-0.3, -0.25) is 14.4 Å². The molecular weight excluding hydrogens is 353 g/mol. The standard InChI is InChI=1S/C17H21F3N2O4/c1-2-22(16(26)17(18,19)20)11-12-6-5-7-13(10-12)21-14(23)8-3-4-9-15(24)25/h5-7,10H,2-4,8-9,11H2,1H3,(H,21,23)(H,24,25). The molecule has 0 aliphatic heterocycles. The summed E-state index contributed by atoms with van der Waals surface area (Å²) >= 11 is 0. The van der Waals surface area contributed by atoms with E-state index in [-0.39, 0.29) is 31.8 Å². The van der Waals surface area contributed by atoms with Gasteiger partial charge in [0.25, 0.3) is 0 Å². The molecule has 144 valence electrons. The lowest BCUT2D eigenvalue weighted by Gasteiger charge is -2.22. The van der Waals surface area contributed by atoms with Crippen LogP contribution >= 0.6 is 0 Å². The number of carboxylic acids is 1. The summed E-state index contributed by atoms with van der Waals surface area (Å²) in [6, 6.07) is 6.22. The van der Waals surface area contributed by atoms with Crippen LogP contribution < -0.4 is 5.32 Å². The summed E-state index contributed by atoms with van der Waals surface area (Å²) in [5.41, 5.74) is 0.856. The Morgan fingerprint density at radius 3 is 2.38 bits per heavy atom. The molecule has 6 nitrogen and oxygen atoms in total. The number of rotatable bonds is 9. The summed E-state index contributed by atoms with van der Waals surface area (Å²) in [6.45, 7) is 1.13. The Labute approximate surface area is 149 Å². The van der Waals surface area contributed by atoms with E-state index in [2.05, 4.69) is 5.32 Å². The Morgan fingerprint density at radius 1 is 1.15 bits per heavy atom. The van der Waals surface area contributed by atoms with Crippen molar-refractivity contribution in [3.63, 3.8) is 0 Å². The minimum Gasteiger partial charge on any atom is -0.481 e. The van der Waals surface area contributed by atoms with Crippen molar-refractivity contribution in [1.29, 1.82) is 0 Å². The van der Waals surface area contributed by atoms with E-state index in [9.17, 15) is 27.6 Å². The predicted octanol–water partition coefficient (Wildman–Crippen LogP) is 3.18. The molecule has 2 amide bonds. The van der Waals surface area contributed by atoms with Gasteiger partial charge in [-0.05, 0) is 37.5 Å². The number of halogens is 3. The van der Waals surface area contributed by atoms with Crippen LogP contribution in [0.2, 0.25) is 0 Å². The third-order valence-corrected chi connectivity index (χ3v) is 3.54. The Bertz CT molecular complexity index is 647.